The standard InChI is InChI=1S/C16H16N6O3/c23-13(12-10-22(20-19-12)11-4-2-1-3-5-11)21-8-6-16(7-9-21)14(24)17-15(25)18-16/h1-5,10H,6-9H2,(H2,17,18,24,25). The number of benzene rings is 1. The lowest BCUT2D eigenvalue weighted by atomic mass is 9.87. The molecule has 9 nitrogen and oxygen atoms in total. The Morgan fingerprint density at radius 2 is 1.84 bits per heavy atom. The molecule has 2 fully saturated rings. The van der Waals surface area contributed by atoms with Gasteiger partial charge in [-0.1, -0.05) is 23.4 Å². The van der Waals surface area contributed by atoms with E-state index in [2.05, 4.69) is 20.9 Å². The van der Waals surface area contributed by atoms with Gasteiger partial charge in [0.25, 0.3) is 11.8 Å². The van der Waals surface area contributed by atoms with Gasteiger partial charge in [-0.3, -0.25) is 14.9 Å². The second-order valence-corrected chi connectivity index (χ2v) is 6.17. The van der Waals surface area contributed by atoms with Crippen LogP contribution in [0.3, 0.4) is 0 Å². The number of nitrogens with one attached hydrogen (secondary N) is 2. The Balaban J connectivity index is 1.46. The first-order valence-electron chi connectivity index (χ1n) is 7.98. The number of hydrogen-bond donors (Lipinski definition) is 2. The molecule has 25 heavy (non-hydrogen) atoms. The molecular weight excluding hydrogens is 324 g/mol. The third kappa shape index (κ3) is 2.63. The zero-order valence-electron chi connectivity index (χ0n) is 13.3. The predicted molar refractivity (Wildman–Crippen MR) is 85.9 cm³/mol. The average Bonchev–Trinajstić information content (AvgIpc) is 3.21. The van der Waals surface area contributed by atoms with Gasteiger partial charge in [0.2, 0.25) is 0 Å². The van der Waals surface area contributed by atoms with Gasteiger partial charge in [-0.05, 0) is 25.0 Å². The van der Waals surface area contributed by atoms with E-state index < -0.39 is 11.6 Å². The molecule has 1 aromatic heterocycles. The molecule has 2 N–H and O–H groups in total. The molecular formula is C16H16N6O3. The number of carbonyl (C=O) groups is 3. The van der Waals surface area contributed by atoms with E-state index in [1.807, 2.05) is 30.3 Å². The minimum absolute atomic E-state index is 0.234. The molecule has 4 rings (SSSR count). The SMILES string of the molecule is O=C1NC(=O)C2(CCN(C(=O)c3cn(-c4ccccc4)nn3)CC2)N1. The van der Waals surface area contributed by atoms with Crippen LogP contribution in [0.15, 0.2) is 36.5 Å². The summed E-state index contributed by atoms with van der Waals surface area (Å²) in [5.74, 6) is -0.554. The van der Waals surface area contributed by atoms with Crippen molar-refractivity contribution in [2.45, 2.75) is 18.4 Å². The van der Waals surface area contributed by atoms with E-state index in [0.717, 1.165) is 5.69 Å². The normalized spacial score (nSPS) is 19.0. The number of likely N-dealkylation sites (tertiary alicyclic amines) is 1. The summed E-state index contributed by atoms with van der Waals surface area (Å²) < 4.78 is 1.54. The third-order valence-corrected chi connectivity index (χ3v) is 4.65. The van der Waals surface area contributed by atoms with Crippen molar-refractivity contribution in [2.24, 2.45) is 0 Å². The van der Waals surface area contributed by atoms with Crippen LogP contribution in [0.2, 0.25) is 0 Å². The summed E-state index contributed by atoms with van der Waals surface area (Å²) in [7, 11) is 0. The molecule has 0 saturated carbocycles. The van der Waals surface area contributed by atoms with Crippen LogP contribution in [0.5, 0.6) is 0 Å². The fourth-order valence-corrected chi connectivity index (χ4v) is 3.20. The van der Waals surface area contributed by atoms with E-state index in [9.17, 15) is 14.4 Å². The molecule has 2 aliphatic heterocycles. The van der Waals surface area contributed by atoms with Gasteiger partial charge in [0.15, 0.2) is 5.69 Å². The van der Waals surface area contributed by atoms with Crippen molar-refractivity contribution >= 4 is 17.8 Å². The topological polar surface area (TPSA) is 109 Å². The molecule has 1 spiro atoms. The zero-order chi connectivity index (χ0) is 17.4. The van der Waals surface area contributed by atoms with Crippen molar-refractivity contribution in [3.8, 4) is 5.69 Å². The molecule has 2 saturated heterocycles. The van der Waals surface area contributed by atoms with Crippen molar-refractivity contribution in [1.82, 2.24) is 30.5 Å². The summed E-state index contributed by atoms with van der Waals surface area (Å²) in [6, 6.07) is 8.92. The Labute approximate surface area is 143 Å². The number of rotatable bonds is 2. The van der Waals surface area contributed by atoms with Crippen molar-refractivity contribution < 1.29 is 14.4 Å². The maximum Gasteiger partial charge on any atom is 0.322 e. The smallest absolute Gasteiger partial charge is 0.322 e. The van der Waals surface area contributed by atoms with Crippen LogP contribution in [0, 0.1) is 0 Å². The highest BCUT2D eigenvalue weighted by Crippen LogP contribution is 2.26. The predicted octanol–water partition coefficient (Wildman–Crippen LogP) is 0.0815. The quantitative estimate of drug-likeness (QED) is 0.753. The Morgan fingerprint density at radius 1 is 1.12 bits per heavy atom. The number of para-hydroxylation sites is 1. The van der Waals surface area contributed by atoms with Gasteiger partial charge in [0.1, 0.15) is 5.54 Å². The first-order valence-corrected chi connectivity index (χ1v) is 7.98. The van der Waals surface area contributed by atoms with Gasteiger partial charge in [0, 0.05) is 13.1 Å². The van der Waals surface area contributed by atoms with Crippen LogP contribution in [0.4, 0.5) is 4.79 Å². The Morgan fingerprint density at radius 3 is 2.48 bits per heavy atom. The van der Waals surface area contributed by atoms with E-state index in [1.54, 1.807) is 15.8 Å². The van der Waals surface area contributed by atoms with E-state index >= 15 is 0 Å². The number of hydrogen-bond acceptors (Lipinski definition) is 5. The lowest BCUT2D eigenvalue weighted by molar-refractivity contribution is -0.125. The molecule has 2 aromatic rings. The maximum atomic E-state index is 12.6. The molecule has 0 radical (unpaired) electrons. The van der Waals surface area contributed by atoms with Gasteiger partial charge in [-0.25, -0.2) is 9.48 Å². The van der Waals surface area contributed by atoms with Crippen LogP contribution in [0.25, 0.3) is 5.69 Å². The number of amides is 4. The highest BCUT2D eigenvalue weighted by molar-refractivity contribution is 6.07. The Hall–Kier alpha value is -3.23. The van der Waals surface area contributed by atoms with Crippen LogP contribution in [0.1, 0.15) is 23.3 Å². The Bertz CT molecular complexity index is 839. The number of piperidine rings is 1. The number of aromatic nitrogens is 3. The second-order valence-electron chi connectivity index (χ2n) is 6.17. The molecule has 4 amide bonds. The monoisotopic (exact) mass is 340 g/mol. The largest absolute Gasteiger partial charge is 0.337 e. The van der Waals surface area contributed by atoms with Gasteiger partial charge in [-0.15, -0.1) is 5.10 Å². The molecule has 0 bridgehead atoms. The maximum absolute atomic E-state index is 12.6. The van der Waals surface area contributed by atoms with Crippen LogP contribution < -0.4 is 10.6 Å². The van der Waals surface area contributed by atoms with Crippen LogP contribution in [-0.4, -0.2) is 56.4 Å². The van der Waals surface area contributed by atoms with E-state index in [-0.39, 0.29) is 17.5 Å². The first-order chi connectivity index (χ1) is 12.1. The molecule has 0 unspecified atom stereocenters. The highest BCUT2D eigenvalue weighted by Gasteiger charge is 2.48. The van der Waals surface area contributed by atoms with Gasteiger partial charge in [-0.2, -0.15) is 0 Å². The summed E-state index contributed by atoms with van der Waals surface area (Å²) in [5.41, 5.74) is 0.173. The molecule has 128 valence electrons. The average molecular weight is 340 g/mol. The van der Waals surface area contributed by atoms with Crippen molar-refractivity contribution in [3.63, 3.8) is 0 Å². The van der Waals surface area contributed by atoms with Crippen molar-refractivity contribution in [1.29, 1.82) is 0 Å². The lowest BCUT2D eigenvalue weighted by Crippen LogP contribution is -2.55. The molecule has 0 atom stereocenters. The fraction of sp³-hybridized carbons (Fsp3) is 0.312. The summed E-state index contributed by atoms with van der Waals surface area (Å²) in [6.45, 7) is 0.732. The summed E-state index contributed by atoms with van der Waals surface area (Å²) in [5, 5.41) is 12.9. The minimum Gasteiger partial charge on any atom is -0.337 e. The highest BCUT2D eigenvalue weighted by atomic mass is 16.2. The number of carbonyl (C=O) groups excluding carboxylic acids is 3. The second kappa shape index (κ2) is 5.69. The molecule has 1 aromatic carbocycles. The molecule has 0 aliphatic carbocycles. The number of imide groups is 1. The van der Waals surface area contributed by atoms with Gasteiger partial charge < -0.3 is 10.2 Å². The first kappa shape index (κ1) is 15.3. The summed E-state index contributed by atoms with van der Waals surface area (Å²) in [4.78, 5) is 37.5. The third-order valence-electron chi connectivity index (χ3n) is 4.65. The van der Waals surface area contributed by atoms with Crippen LogP contribution >= 0.6 is 0 Å². The van der Waals surface area contributed by atoms with Crippen molar-refractivity contribution in [2.75, 3.05) is 13.1 Å². The fourth-order valence-electron chi connectivity index (χ4n) is 3.20. The number of nitrogens with zero attached hydrogens (tertiary/aromatic N) is 4. The summed E-state index contributed by atoms with van der Waals surface area (Å²) in [6.07, 6.45) is 2.35. The van der Waals surface area contributed by atoms with Crippen molar-refractivity contribution in [3.05, 3.63) is 42.2 Å². The molecule has 3 heterocycles. The van der Waals surface area contributed by atoms with Gasteiger partial charge >= 0.3 is 6.03 Å². The van der Waals surface area contributed by atoms with Gasteiger partial charge in [0.05, 0.1) is 11.9 Å². The Kier molecular flexibility index (Phi) is 3.48. The lowest BCUT2D eigenvalue weighted by Gasteiger charge is -2.36. The molecule has 2 aliphatic rings. The summed E-state index contributed by atoms with van der Waals surface area (Å²) >= 11 is 0. The van der Waals surface area contributed by atoms with E-state index in [4.69, 9.17) is 0 Å². The minimum atomic E-state index is -0.893. The van der Waals surface area contributed by atoms with E-state index in [1.165, 1.54) is 0 Å². The number of urea groups is 1. The zero-order valence-corrected chi connectivity index (χ0v) is 13.3. The van der Waals surface area contributed by atoms with Crippen LogP contribution in [-0.2, 0) is 4.79 Å². The molecule has 9 heteroatoms. The van der Waals surface area contributed by atoms with E-state index in [0.29, 0.717) is 25.9 Å².